The third-order valence-corrected chi connectivity index (χ3v) is 2.12. The number of ether oxygens (including phenoxy) is 2. The molecule has 1 aromatic heterocycles. The number of hydrogen-bond donors (Lipinski definition) is 2. The van der Waals surface area contributed by atoms with Gasteiger partial charge in [0, 0.05) is 25.9 Å². The number of carbonyl (C=O) groups is 1. The summed E-state index contributed by atoms with van der Waals surface area (Å²) < 4.78 is 10.2. The summed E-state index contributed by atoms with van der Waals surface area (Å²) in [6.45, 7) is 3.71. The standard InChI is InChI=1S/C12H20N4O3/c1-3-7-19-11-4-5-14-12(16-11)15-9-10(17)13-6-8-18-2/h4-5H,3,6-9H2,1-2H3,(H,13,17)(H,14,15,16). The summed E-state index contributed by atoms with van der Waals surface area (Å²) in [5.41, 5.74) is 0. The number of rotatable bonds is 9. The molecule has 1 aromatic rings. The number of nitrogens with one attached hydrogen (secondary N) is 2. The Kier molecular flexibility index (Phi) is 7.26. The van der Waals surface area contributed by atoms with E-state index in [0.717, 1.165) is 6.42 Å². The molecule has 0 aliphatic rings. The highest BCUT2D eigenvalue weighted by atomic mass is 16.5. The van der Waals surface area contributed by atoms with Gasteiger partial charge in [0.15, 0.2) is 0 Å². The Morgan fingerprint density at radius 2 is 2.26 bits per heavy atom. The van der Waals surface area contributed by atoms with Crippen LogP contribution in [0.4, 0.5) is 5.95 Å². The monoisotopic (exact) mass is 268 g/mol. The van der Waals surface area contributed by atoms with Crippen molar-refractivity contribution in [1.29, 1.82) is 0 Å². The van der Waals surface area contributed by atoms with Crippen molar-refractivity contribution in [2.75, 3.05) is 38.7 Å². The molecule has 0 saturated carbocycles. The van der Waals surface area contributed by atoms with Crippen LogP contribution in [0.3, 0.4) is 0 Å². The van der Waals surface area contributed by atoms with Crippen LogP contribution in [-0.4, -0.2) is 49.3 Å². The van der Waals surface area contributed by atoms with Crippen molar-refractivity contribution in [2.45, 2.75) is 13.3 Å². The molecule has 106 valence electrons. The van der Waals surface area contributed by atoms with E-state index in [4.69, 9.17) is 9.47 Å². The van der Waals surface area contributed by atoms with E-state index in [1.165, 1.54) is 0 Å². The van der Waals surface area contributed by atoms with Gasteiger partial charge in [-0.2, -0.15) is 4.98 Å². The lowest BCUT2D eigenvalue weighted by Crippen LogP contribution is -2.32. The Hall–Kier alpha value is -1.89. The fraction of sp³-hybridized carbons (Fsp3) is 0.583. The molecule has 0 spiro atoms. The van der Waals surface area contributed by atoms with Crippen molar-refractivity contribution >= 4 is 11.9 Å². The van der Waals surface area contributed by atoms with Crippen LogP contribution >= 0.6 is 0 Å². The topological polar surface area (TPSA) is 85.4 Å². The van der Waals surface area contributed by atoms with E-state index >= 15 is 0 Å². The van der Waals surface area contributed by atoms with Gasteiger partial charge < -0.3 is 20.1 Å². The first-order valence-corrected chi connectivity index (χ1v) is 6.21. The van der Waals surface area contributed by atoms with Gasteiger partial charge in [-0.3, -0.25) is 4.79 Å². The second-order valence-electron chi connectivity index (χ2n) is 3.76. The molecular formula is C12H20N4O3. The molecule has 0 unspecified atom stereocenters. The average molecular weight is 268 g/mol. The zero-order chi connectivity index (χ0) is 13.9. The van der Waals surface area contributed by atoms with Crippen molar-refractivity contribution in [3.8, 4) is 5.88 Å². The number of hydrogen-bond acceptors (Lipinski definition) is 6. The van der Waals surface area contributed by atoms with Crippen molar-refractivity contribution in [1.82, 2.24) is 15.3 Å². The minimum atomic E-state index is -0.138. The van der Waals surface area contributed by atoms with Gasteiger partial charge in [0.2, 0.25) is 17.7 Å². The summed E-state index contributed by atoms with van der Waals surface area (Å²) in [6, 6.07) is 1.68. The lowest BCUT2D eigenvalue weighted by atomic mass is 10.5. The van der Waals surface area contributed by atoms with E-state index in [1.807, 2.05) is 6.92 Å². The number of nitrogens with zero attached hydrogens (tertiary/aromatic N) is 2. The van der Waals surface area contributed by atoms with Crippen molar-refractivity contribution in [2.24, 2.45) is 0 Å². The molecule has 0 atom stereocenters. The largest absolute Gasteiger partial charge is 0.478 e. The minimum absolute atomic E-state index is 0.112. The first-order chi connectivity index (χ1) is 9.26. The summed E-state index contributed by atoms with van der Waals surface area (Å²) in [5, 5.41) is 5.52. The van der Waals surface area contributed by atoms with Crippen LogP contribution in [0.5, 0.6) is 5.88 Å². The van der Waals surface area contributed by atoms with Crippen LogP contribution in [0.25, 0.3) is 0 Å². The number of carbonyl (C=O) groups excluding carboxylic acids is 1. The number of anilines is 1. The third kappa shape index (κ3) is 6.56. The normalized spacial score (nSPS) is 10.0. The Bertz CT molecular complexity index is 387. The molecule has 7 heteroatoms. The molecule has 1 heterocycles. The predicted octanol–water partition coefficient (Wildman–Crippen LogP) is 0.440. The molecule has 19 heavy (non-hydrogen) atoms. The molecule has 0 saturated heterocycles. The van der Waals surface area contributed by atoms with Crippen LogP contribution < -0.4 is 15.4 Å². The van der Waals surface area contributed by atoms with E-state index in [-0.39, 0.29) is 12.5 Å². The maximum atomic E-state index is 11.4. The van der Waals surface area contributed by atoms with E-state index in [9.17, 15) is 4.79 Å². The first-order valence-electron chi connectivity index (χ1n) is 6.21. The Morgan fingerprint density at radius 3 is 3.00 bits per heavy atom. The van der Waals surface area contributed by atoms with Gasteiger partial charge in [-0.15, -0.1) is 0 Å². The maximum Gasteiger partial charge on any atom is 0.239 e. The molecule has 0 aromatic carbocycles. The van der Waals surface area contributed by atoms with E-state index in [2.05, 4.69) is 20.6 Å². The fourth-order valence-corrected chi connectivity index (χ4v) is 1.23. The summed E-state index contributed by atoms with van der Waals surface area (Å²) in [6.07, 6.45) is 2.50. The minimum Gasteiger partial charge on any atom is -0.478 e. The van der Waals surface area contributed by atoms with E-state index in [0.29, 0.717) is 31.6 Å². The fourth-order valence-electron chi connectivity index (χ4n) is 1.23. The molecule has 2 N–H and O–H groups in total. The van der Waals surface area contributed by atoms with Crippen LogP contribution in [0, 0.1) is 0 Å². The highest BCUT2D eigenvalue weighted by Crippen LogP contribution is 2.08. The highest BCUT2D eigenvalue weighted by Gasteiger charge is 2.03. The van der Waals surface area contributed by atoms with Gasteiger partial charge in [-0.25, -0.2) is 4.98 Å². The van der Waals surface area contributed by atoms with Gasteiger partial charge in [0.25, 0.3) is 0 Å². The second-order valence-corrected chi connectivity index (χ2v) is 3.76. The Balaban J connectivity index is 2.33. The number of methoxy groups -OCH3 is 1. The molecular weight excluding hydrogens is 248 g/mol. The predicted molar refractivity (Wildman–Crippen MR) is 71.2 cm³/mol. The van der Waals surface area contributed by atoms with Crippen LogP contribution in [0.1, 0.15) is 13.3 Å². The maximum absolute atomic E-state index is 11.4. The molecule has 0 aliphatic carbocycles. The molecule has 1 amide bonds. The average Bonchev–Trinajstić information content (AvgIpc) is 2.44. The summed E-state index contributed by atoms with van der Waals surface area (Å²) in [5.74, 6) is 0.732. The second kappa shape index (κ2) is 9.09. The molecule has 0 aliphatic heterocycles. The van der Waals surface area contributed by atoms with Crippen LogP contribution in [-0.2, 0) is 9.53 Å². The van der Waals surface area contributed by atoms with Gasteiger partial charge in [0.05, 0.1) is 19.8 Å². The Morgan fingerprint density at radius 1 is 1.42 bits per heavy atom. The van der Waals surface area contributed by atoms with Crippen molar-refractivity contribution < 1.29 is 14.3 Å². The number of amides is 1. The summed E-state index contributed by atoms with van der Waals surface area (Å²) in [7, 11) is 1.58. The van der Waals surface area contributed by atoms with E-state index in [1.54, 1.807) is 19.4 Å². The zero-order valence-corrected chi connectivity index (χ0v) is 11.3. The zero-order valence-electron chi connectivity index (χ0n) is 11.3. The van der Waals surface area contributed by atoms with Gasteiger partial charge in [0.1, 0.15) is 0 Å². The summed E-state index contributed by atoms with van der Waals surface area (Å²) in [4.78, 5) is 19.6. The number of aromatic nitrogens is 2. The molecule has 0 radical (unpaired) electrons. The van der Waals surface area contributed by atoms with Crippen molar-refractivity contribution in [3.05, 3.63) is 12.3 Å². The van der Waals surface area contributed by atoms with Gasteiger partial charge in [-0.1, -0.05) is 6.92 Å². The van der Waals surface area contributed by atoms with Gasteiger partial charge >= 0.3 is 0 Å². The van der Waals surface area contributed by atoms with Crippen LogP contribution in [0.15, 0.2) is 12.3 Å². The lowest BCUT2D eigenvalue weighted by molar-refractivity contribution is -0.119. The van der Waals surface area contributed by atoms with Gasteiger partial charge in [-0.05, 0) is 6.42 Å². The summed E-state index contributed by atoms with van der Waals surface area (Å²) >= 11 is 0. The highest BCUT2D eigenvalue weighted by molar-refractivity contribution is 5.80. The smallest absolute Gasteiger partial charge is 0.239 e. The molecule has 0 bridgehead atoms. The SMILES string of the molecule is CCCOc1ccnc(NCC(=O)NCCOC)n1. The molecule has 7 nitrogen and oxygen atoms in total. The molecule has 0 fully saturated rings. The molecule has 1 rings (SSSR count). The first kappa shape index (κ1) is 15.2. The Labute approximate surface area is 112 Å². The van der Waals surface area contributed by atoms with Crippen molar-refractivity contribution in [3.63, 3.8) is 0 Å². The third-order valence-electron chi connectivity index (χ3n) is 2.12. The van der Waals surface area contributed by atoms with Crippen LogP contribution in [0.2, 0.25) is 0 Å². The quantitative estimate of drug-likeness (QED) is 0.632. The lowest BCUT2D eigenvalue weighted by Gasteiger charge is -2.07. The van der Waals surface area contributed by atoms with E-state index < -0.39 is 0 Å².